The second kappa shape index (κ2) is 9.30. The molecule has 1 amide bonds. The van der Waals surface area contributed by atoms with Crippen molar-refractivity contribution in [3.8, 4) is 22.9 Å². The third kappa shape index (κ3) is 4.78. The number of carbonyl (C=O) groups excluding carboxylic acids is 1. The van der Waals surface area contributed by atoms with E-state index in [1.54, 1.807) is 0 Å². The fourth-order valence-corrected chi connectivity index (χ4v) is 4.45. The summed E-state index contributed by atoms with van der Waals surface area (Å²) < 4.78 is 17.2. The number of piperidine rings is 1. The van der Waals surface area contributed by atoms with Crippen LogP contribution in [-0.4, -0.2) is 40.8 Å². The van der Waals surface area contributed by atoms with Crippen LogP contribution in [0.15, 0.2) is 51.5 Å². The topological polar surface area (TPSA) is 89.7 Å². The molecule has 0 bridgehead atoms. The zero-order valence-corrected chi connectivity index (χ0v) is 19.0. The third-order valence-corrected chi connectivity index (χ3v) is 6.18. The molecule has 1 N–H and O–H groups in total. The Morgan fingerprint density at radius 1 is 1.19 bits per heavy atom. The van der Waals surface area contributed by atoms with Gasteiger partial charge in [-0.1, -0.05) is 39.3 Å². The molecule has 3 heterocycles. The number of carbonyl (C=O) groups is 1. The number of rotatable bonds is 6. The summed E-state index contributed by atoms with van der Waals surface area (Å²) in [6.45, 7) is 2.81. The lowest BCUT2D eigenvalue weighted by Gasteiger charge is -2.30. The lowest BCUT2D eigenvalue weighted by molar-refractivity contribution is -0.127. The van der Waals surface area contributed by atoms with Crippen molar-refractivity contribution in [2.24, 2.45) is 5.92 Å². The number of likely N-dealkylation sites (tertiary alicyclic amines) is 1. The van der Waals surface area contributed by atoms with Gasteiger partial charge in [-0.3, -0.25) is 9.69 Å². The molecule has 1 aromatic heterocycles. The van der Waals surface area contributed by atoms with E-state index >= 15 is 0 Å². The summed E-state index contributed by atoms with van der Waals surface area (Å²) in [4.78, 5) is 19.5. The summed E-state index contributed by atoms with van der Waals surface area (Å²) >= 11 is 3.46. The first-order valence-corrected chi connectivity index (χ1v) is 11.4. The van der Waals surface area contributed by atoms with Crippen LogP contribution in [0.1, 0.15) is 24.3 Å². The molecule has 2 aliphatic rings. The fourth-order valence-electron chi connectivity index (χ4n) is 4.05. The molecule has 0 aliphatic carbocycles. The molecule has 2 aromatic carbocycles. The van der Waals surface area contributed by atoms with Crippen molar-refractivity contribution in [2.45, 2.75) is 25.9 Å². The largest absolute Gasteiger partial charge is 0.454 e. The van der Waals surface area contributed by atoms with Crippen molar-refractivity contribution in [3.63, 3.8) is 0 Å². The maximum absolute atomic E-state index is 12.8. The molecule has 166 valence electrons. The van der Waals surface area contributed by atoms with Gasteiger partial charge in [0.2, 0.25) is 24.4 Å². The normalized spacial score (nSPS) is 18.0. The first kappa shape index (κ1) is 21.0. The Morgan fingerprint density at radius 3 is 3.00 bits per heavy atom. The van der Waals surface area contributed by atoms with E-state index in [-0.39, 0.29) is 18.6 Å². The second-order valence-electron chi connectivity index (χ2n) is 8.00. The second-order valence-corrected chi connectivity index (χ2v) is 8.92. The number of aromatic nitrogens is 2. The predicted octanol–water partition coefficient (Wildman–Crippen LogP) is 3.76. The summed E-state index contributed by atoms with van der Waals surface area (Å²) in [6.07, 6.45) is 1.82. The van der Waals surface area contributed by atoms with Crippen molar-refractivity contribution in [1.82, 2.24) is 20.4 Å². The summed E-state index contributed by atoms with van der Waals surface area (Å²) in [7, 11) is 0. The van der Waals surface area contributed by atoms with E-state index in [1.807, 2.05) is 42.5 Å². The Bertz CT molecular complexity index is 1120. The standard InChI is InChI=1S/C23H23BrN4O4/c24-18-5-1-3-16(10-18)22-26-21(32-27-22)13-28-8-2-4-17(12-28)23(29)25-11-15-6-7-19-20(9-15)31-14-30-19/h1,3,5-7,9-10,17H,2,4,8,11-14H2,(H,25,29). The van der Waals surface area contributed by atoms with Crippen LogP contribution in [0.5, 0.6) is 11.5 Å². The Balaban J connectivity index is 1.15. The summed E-state index contributed by atoms with van der Waals surface area (Å²) in [5.41, 5.74) is 1.88. The molecule has 9 heteroatoms. The van der Waals surface area contributed by atoms with Crippen LogP contribution in [0.25, 0.3) is 11.4 Å². The fraction of sp³-hybridized carbons (Fsp3) is 0.348. The molecule has 1 saturated heterocycles. The zero-order chi connectivity index (χ0) is 21.9. The van der Waals surface area contributed by atoms with Crippen molar-refractivity contribution in [3.05, 3.63) is 58.4 Å². The highest BCUT2D eigenvalue weighted by molar-refractivity contribution is 9.10. The minimum Gasteiger partial charge on any atom is -0.454 e. The van der Waals surface area contributed by atoms with Crippen molar-refractivity contribution in [1.29, 1.82) is 0 Å². The van der Waals surface area contributed by atoms with E-state index in [2.05, 4.69) is 36.3 Å². The molecule has 3 aromatic rings. The summed E-state index contributed by atoms with van der Waals surface area (Å²) in [5.74, 6) is 2.59. The minimum absolute atomic E-state index is 0.0627. The average Bonchev–Trinajstić information content (AvgIpc) is 3.47. The van der Waals surface area contributed by atoms with E-state index in [0.29, 0.717) is 31.3 Å². The molecule has 1 atom stereocenters. The smallest absolute Gasteiger partial charge is 0.241 e. The van der Waals surface area contributed by atoms with Crippen molar-refractivity contribution in [2.75, 3.05) is 19.9 Å². The maximum atomic E-state index is 12.8. The van der Waals surface area contributed by atoms with Gasteiger partial charge in [-0.15, -0.1) is 0 Å². The Hall–Kier alpha value is -2.91. The van der Waals surface area contributed by atoms with E-state index in [1.165, 1.54) is 0 Å². The number of ether oxygens (including phenoxy) is 2. The molecule has 5 rings (SSSR count). The number of nitrogens with zero attached hydrogens (tertiary/aromatic N) is 3. The quantitative estimate of drug-likeness (QED) is 0.553. The average molecular weight is 499 g/mol. The van der Waals surface area contributed by atoms with Gasteiger partial charge < -0.3 is 19.3 Å². The molecule has 2 aliphatic heterocycles. The van der Waals surface area contributed by atoms with Crippen LogP contribution >= 0.6 is 15.9 Å². The van der Waals surface area contributed by atoms with Crippen LogP contribution in [-0.2, 0) is 17.9 Å². The minimum atomic E-state index is -0.0646. The van der Waals surface area contributed by atoms with E-state index in [0.717, 1.165) is 46.5 Å². The van der Waals surface area contributed by atoms with Gasteiger partial charge >= 0.3 is 0 Å². The monoisotopic (exact) mass is 498 g/mol. The predicted molar refractivity (Wildman–Crippen MR) is 120 cm³/mol. The van der Waals surface area contributed by atoms with Crippen molar-refractivity contribution >= 4 is 21.8 Å². The van der Waals surface area contributed by atoms with Gasteiger partial charge in [0.1, 0.15) is 0 Å². The SMILES string of the molecule is O=C(NCc1ccc2c(c1)OCO2)C1CCCN(Cc2nc(-c3cccc(Br)c3)no2)C1. The van der Waals surface area contributed by atoms with E-state index < -0.39 is 0 Å². The van der Waals surface area contributed by atoms with Gasteiger partial charge in [0.05, 0.1) is 12.5 Å². The van der Waals surface area contributed by atoms with Gasteiger partial charge in [0, 0.05) is 23.1 Å². The van der Waals surface area contributed by atoms with Gasteiger partial charge in [0.15, 0.2) is 11.5 Å². The van der Waals surface area contributed by atoms with Gasteiger partial charge in [-0.2, -0.15) is 4.98 Å². The third-order valence-electron chi connectivity index (χ3n) is 5.69. The lowest BCUT2D eigenvalue weighted by atomic mass is 9.97. The number of hydrogen-bond donors (Lipinski definition) is 1. The van der Waals surface area contributed by atoms with Crippen LogP contribution < -0.4 is 14.8 Å². The highest BCUT2D eigenvalue weighted by atomic mass is 79.9. The number of nitrogens with one attached hydrogen (secondary N) is 1. The number of hydrogen-bond acceptors (Lipinski definition) is 7. The van der Waals surface area contributed by atoms with Crippen molar-refractivity contribution < 1.29 is 18.8 Å². The van der Waals surface area contributed by atoms with Gasteiger partial charge in [0.25, 0.3) is 0 Å². The first-order valence-electron chi connectivity index (χ1n) is 10.6. The molecule has 1 fully saturated rings. The Morgan fingerprint density at radius 2 is 2.09 bits per heavy atom. The number of benzene rings is 2. The van der Waals surface area contributed by atoms with Crippen LogP contribution in [0, 0.1) is 5.92 Å². The first-order chi connectivity index (χ1) is 15.6. The molecule has 1 unspecified atom stereocenters. The van der Waals surface area contributed by atoms with Crippen LogP contribution in [0.2, 0.25) is 0 Å². The highest BCUT2D eigenvalue weighted by Crippen LogP contribution is 2.32. The molecular weight excluding hydrogens is 476 g/mol. The van der Waals surface area contributed by atoms with Crippen LogP contribution in [0.4, 0.5) is 0 Å². The van der Waals surface area contributed by atoms with Gasteiger partial charge in [-0.05, 0) is 49.2 Å². The maximum Gasteiger partial charge on any atom is 0.241 e. The van der Waals surface area contributed by atoms with E-state index in [4.69, 9.17) is 14.0 Å². The summed E-state index contributed by atoms with van der Waals surface area (Å²) in [6, 6.07) is 13.5. The zero-order valence-electron chi connectivity index (χ0n) is 17.4. The number of halogens is 1. The summed E-state index contributed by atoms with van der Waals surface area (Å²) in [5, 5.41) is 7.16. The number of fused-ring (bicyclic) bond motifs is 1. The van der Waals surface area contributed by atoms with Crippen LogP contribution in [0.3, 0.4) is 0 Å². The lowest BCUT2D eigenvalue weighted by Crippen LogP contribution is -2.42. The molecular formula is C23H23BrN4O4. The van der Waals surface area contributed by atoms with Gasteiger partial charge in [-0.25, -0.2) is 0 Å². The molecule has 0 radical (unpaired) electrons. The molecule has 32 heavy (non-hydrogen) atoms. The molecule has 8 nitrogen and oxygen atoms in total. The molecule has 0 saturated carbocycles. The molecule has 0 spiro atoms. The highest BCUT2D eigenvalue weighted by Gasteiger charge is 2.27. The Labute approximate surface area is 194 Å². The number of amides is 1. The Kier molecular flexibility index (Phi) is 6.09. The van der Waals surface area contributed by atoms with E-state index in [9.17, 15) is 4.79 Å².